The van der Waals surface area contributed by atoms with Gasteiger partial charge in [0.25, 0.3) is 0 Å². The Bertz CT molecular complexity index is 296. The normalized spacial score (nSPS) is 21.4. The summed E-state index contributed by atoms with van der Waals surface area (Å²) in [6.45, 7) is 5.82. The minimum atomic E-state index is -0.832. The van der Waals surface area contributed by atoms with E-state index in [0.29, 0.717) is 32.7 Å². The summed E-state index contributed by atoms with van der Waals surface area (Å²) in [5.41, 5.74) is 0. The second-order valence-electron chi connectivity index (χ2n) is 4.61. The molecule has 0 saturated carbocycles. The summed E-state index contributed by atoms with van der Waals surface area (Å²) in [7, 11) is 0. The SMILES string of the molecule is CCC1CN(C(=O)NCCC(C)C(=O)O)CCO1. The molecule has 1 aliphatic rings. The zero-order valence-corrected chi connectivity index (χ0v) is 11.0. The second kappa shape index (κ2) is 7.20. The van der Waals surface area contributed by atoms with Crippen molar-refractivity contribution in [1.82, 2.24) is 10.2 Å². The fourth-order valence-corrected chi connectivity index (χ4v) is 1.78. The Morgan fingerprint density at radius 1 is 1.56 bits per heavy atom. The van der Waals surface area contributed by atoms with Gasteiger partial charge in [0.05, 0.1) is 18.6 Å². The van der Waals surface area contributed by atoms with Gasteiger partial charge in [-0.25, -0.2) is 4.79 Å². The van der Waals surface area contributed by atoms with Crippen LogP contribution in [-0.4, -0.2) is 54.4 Å². The van der Waals surface area contributed by atoms with Crippen molar-refractivity contribution in [2.75, 3.05) is 26.2 Å². The van der Waals surface area contributed by atoms with Gasteiger partial charge in [0.15, 0.2) is 0 Å². The first-order valence-corrected chi connectivity index (χ1v) is 6.41. The number of nitrogens with one attached hydrogen (secondary N) is 1. The third-order valence-corrected chi connectivity index (χ3v) is 3.16. The lowest BCUT2D eigenvalue weighted by Crippen LogP contribution is -2.49. The van der Waals surface area contributed by atoms with Crippen LogP contribution in [0.15, 0.2) is 0 Å². The molecule has 1 saturated heterocycles. The van der Waals surface area contributed by atoms with Crippen LogP contribution in [0.4, 0.5) is 4.79 Å². The van der Waals surface area contributed by atoms with Crippen LogP contribution in [0.3, 0.4) is 0 Å². The molecule has 1 heterocycles. The van der Waals surface area contributed by atoms with Crippen LogP contribution in [0.25, 0.3) is 0 Å². The molecule has 2 atom stereocenters. The predicted octanol–water partition coefficient (Wildman–Crippen LogP) is 0.918. The fraction of sp³-hybridized carbons (Fsp3) is 0.833. The molecule has 0 radical (unpaired) electrons. The van der Waals surface area contributed by atoms with Gasteiger partial charge < -0.3 is 20.1 Å². The number of carboxylic acid groups (broad SMARTS) is 1. The minimum absolute atomic E-state index is 0.113. The average Bonchev–Trinajstić information content (AvgIpc) is 2.38. The highest BCUT2D eigenvalue weighted by Gasteiger charge is 2.22. The summed E-state index contributed by atoms with van der Waals surface area (Å²) in [5.74, 6) is -1.26. The van der Waals surface area contributed by atoms with E-state index in [1.54, 1.807) is 11.8 Å². The third kappa shape index (κ3) is 4.52. The lowest BCUT2D eigenvalue weighted by Gasteiger charge is -2.32. The lowest BCUT2D eigenvalue weighted by atomic mass is 10.1. The summed E-state index contributed by atoms with van der Waals surface area (Å²) < 4.78 is 5.48. The van der Waals surface area contributed by atoms with Crippen LogP contribution < -0.4 is 5.32 Å². The first-order chi connectivity index (χ1) is 8.54. The largest absolute Gasteiger partial charge is 0.481 e. The van der Waals surface area contributed by atoms with E-state index in [4.69, 9.17) is 9.84 Å². The first-order valence-electron chi connectivity index (χ1n) is 6.41. The van der Waals surface area contributed by atoms with Crippen molar-refractivity contribution in [2.45, 2.75) is 32.8 Å². The van der Waals surface area contributed by atoms with Gasteiger partial charge in [-0.3, -0.25) is 4.79 Å². The summed E-state index contributed by atoms with van der Waals surface area (Å²) in [6, 6.07) is -0.130. The molecule has 1 fully saturated rings. The number of rotatable bonds is 5. The summed E-state index contributed by atoms with van der Waals surface area (Å²) in [6.07, 6.45) is 1.45. The van der Waals surface area contributed by atoms with Gasteiger partial charge in [-0.15, -0.1) is 0 Å². The number of carbonyl (C=O) groups excluding carboxylic acids is 1. The van der Waals surface area contributed by atoms with Gasteiger partial charge in [0, 0.05) is 19.6 Å². The molecule has 1 aliphatic heterocycles. The number of hydrogen-bond donors (Lipinski definition) is 2. The number of ether oxygens (including phenoxy) is 1. The Balaban J connectivity index is 2.26. The van der Waals surface area contributed by atoms with E-state index in [9.17, 15) is 9.59 Å². The van der Waals surface area contributed by atoms with Crippen molar-refractivity contribution >= 4 is 12.0 Å². The second-order valence-corrected chi connectivity index (χ2v) is 4.61. The molecule has 18 heavy (non-hydrogen) atoms. The van der Waals surface area contributed by atoms with Crippen LogP contribution in [0.5, 0.6) is 0 Å². The van der Waals surface area contributed by atoms with Crippen molar-refractivity contribution in [2.24, 2.45) is 5.92 Å². The molecule has 0 aromatic carbocycles. The number of carboxylic acids is 1. The number of hydrogen-bond acceptors (Lipinski definition) is 3. The van der Waals surface area contributed by atoms with Gasteiger partial charge in [-0.1, -0.05) is 13.8 Å². The third-order valence-electron chi connectivity index (χ3n) is 3.16. The summed E-state index contributed by atoms with van der Waals surface area (Å²) in [5, 5.41) is 11.5. The Labute approximate surface area is 107 Å². The van der Waals surface area contributed by atoms with Crippen LogP contribution >= 0.6 is 0 Å². The van der Waals surface area contributed by atoms with Gasteiger partial charge in [0.1, 0.15) is 0 Å². The molecule has 0 aromatic rings. The van der Waals surface area contributed by atoms with Crippen LogP contribution in [0, 0.1) is 5.92 Å². The summed E-state index contributed by atoms with van der Waals surface area (Å²) in [4.78, 5) is 24.2. The van der Waals surface area contributed by atoms with Crippen molar-refractivity contribution in [3.63, 3.8) is 0 Å². The van der Waals surface area contributed by atoms with E-state index in [-0.39, 0.29) is 12.1 Å². The van der Waals surface area contributed by atoms with E-state index in [1.807, 2.05) is 6.92 Å². The molecular weight excluding hydrogens is 236 g/mol. The standard InChI is InChI=1S/C12H22N2O4/c1-3-10-8-14(6-7-18-10)12(17)13-5-4-9(2)11(15)16/h9-10H,3-8H2,1-2H3,(H,13,17)(H,15,16). The van der Waals surface area contributed by atoms with Crippen LogP contribution in [0.2, 0.25) is 0 Å². The zero-order chi connectivity index (χ0) is 13.5. The molecule has 1 rings (SSSR count). The van der Waals surface area contributed by atoms with E-state index in [0.717, 1.165) is 6.42 Å². The fourth-order valence-electron chi connectivity index (χ4n) is 1.78. The zero-order valence-electron chi connectivity index (χ0n) is 11.0. The van der Waals surface area contributed by atoms with E-state index in [1.165, 1.54) is 0 Å². The number of nitrogens with zero attached hydrogens (tertiary/aromatic N) is 1. The monoisotopic (exact) mass is 258 g/mol. The maximum Gasteiger partial charge on any atom is 0.317 e. The molecule has 104 valence electrons. The van der Waals surface area contributed by atoms with Crippen LogP contribution in [0.1, 0.15) is 26.7 Å². The van der Waals surface area contributed by atoms with Crippen molar-refractivity contribution in [3.05, 3.63) is 0 Å². The van der Waals surface area contributed by atoms with Crippen molar-refractivity contribution < 1.29 is 19.4 Å². The Morgan fingerprint density at radius 3 is 2.89 bits per heavy atom. The van der Waals surface area contributed by atoms with Gasteiger partial charge >= 0.3 is 12.0 Å². The van der Waals surface area contributed by atoms with Gasteiger partial charge in [-0.2, -0.15) is 0 Å². The molecule has 0 aliphatic carbocycles. The van der Waals surface area contributed by atoms with Crippen LogP contribution in [-0.2, 0) is 9.53 Å². The highest BCUT2D eigenvalue weighted by Crippen LogP contribution is 2.08. The molecule has 6 heteroatoms. The molecule has 0 aromatic heterocycles. The smallest absolute Gasteiger partial charge is 0.317 e. The van der Waals surface area contributed by atoms with E-state index >= 15 is 0 Å². The number of amides is 2. The number of morpholine rings is 1. The Morgan fingerprint density at radius 2 is 2.28 bits per heavy atom. The Hall–Kier alpha value is -1.30. The molecule has 6 nitrogen and oxygen atoms in total. The molecule has 0 spiro atoms. The number of carbonyl (C=O) groups is 2. The average molecular weight is 258 g/mol. The van der Waals surface area contributed by atoms with Gasteiger partial charge in [-0.05, 0) is 12.8 Å². The first kappa shape index (κ1) is 14.8. The summed E-state index contributed by atoms with van der Waals surface area (Å²) >= 11 is 0. The molecule has 0 bridgehead atoms. The minimum Gasteiger partial charge on any atom is -0.481 e. The van der Waals surface area contributed by atoms with Gasteiger partial charge in [0.2, 0.25) is 0 Å². The molecule has 2 amide bonds. The van der Waals surface area contributed by atoms with Crippen molar-refractivity contribution in [1.29, 1.82) is 0 Å². The number of aliphatic carboxylic acids is 1. The Kier molecular flexibility index (Phi) is 5.91. The van der Waals surface area contributed by atoms with Crippen molar-refractivity contribution in [3.8, 4) is 0 Å². The highest BCUT2D eigenvalue weighted by atomic mass is 16.5. The molecular formula is C12H22N2O4. The molecule has 2 N–H and O–H groups in total. The predicted molar refractivity (Wildman–Crippen MR) is 66.4 cm³/mol. The van der Waals surface area contributed by atoms with E-state index in [2.05, 4.69) is 5.32 Å². The number of urea groups is 1. The van der Waals surface area contributed by atoms with E-state index < -0.39 is 11.9 Å². The quantitative estimate of drug-likeness (QED) is 0.768. The topological polar surface area (TPSA) is 78.9 Å². The highest BCUT2D eigenvalue weighted by molar-refractivity contribution is 5.74. The lowest BCUT2D eigenvalue weighted by molar-refractivity contribution is -0.141. The molecule has 2 unspecified atom stereocenters. The maximum absolute atomic E-state index is 11.8. The maximum atomic E-state index is 11.8.